The molecule has 0 saturated carbocycles. The third kappa shape index (κ3) is 5.87. The second-order valence-electron chi connectivity index (χ2n) is 9.92. The molecule has 5 amide bonds. The standard InChI is InChI=1S/C29H25F3N6O4/c1-28(2)26(41)38(21-12-9-18(14-33)22(13-21)29(30,31)32)27(42)37(28)16-19-5-3-4-6-23(19)36-20-10-7-17(8-11-20)25(40)35-15-24(34)39/h3-13,36H,15-16H2,1-2H3,(H2,34,39)(H,35,40). The summed E-state index contributed by atoms with van der Waals surface area (Å²) in [4.78, 5) is 51.8. The third-order valence-corrected chi connectivity index (χ3v) is 6.71. The van der Waals surface area contributed by atoms with E-state index in [-0.39, 0.29) is 18.8 Å². The quantitative estimate of drug-likeness (QED) is 0.340. The van der Waals surface area contributed by atoms with Gasteiger partial charge in [0.25, 0.3) is 11.8 Å². The lowest BCUT2D eigenvalue weighted by Gasteiger charge is -2.28. The van der Waals surface area contributed by atoms with Crippen molar-refractivity contribution in [1.29, 1.82) is 5.26 Å². The Morgan fingerprint density at radius 2 is 1.69 bits per heavy atom. The van der Waals surface area contributed by atoms with Crippen LogP contribution in [0.1, 0.15) is 40.9 Å². The molecule has 0 unspecified atom stereocenters. The number of nitrogens with one attached hydrogen (secondary N) is 2. The molecule has 4 N–H and O–H groups in total. The van der Waals surface area contributed by atoms with Crippen LogP contribution in [-0.2, 0) is 22.3 Å². The van der Waals surface area contributed by atoms with Crippen molar-refractivity contribution in [2.24, 2.45) is 5.73 Å². The molecule has 3 aromatic rings. The Bertz CT molecular complexity index is 1610. The average Bonchev–Trinajstić information content (AvgIpc) is 3.11. The number of benzene rings is 3. The Morgan fingerprint density at radius 1 is 1.02 bits per heavy atom. The highest BCUT2D eigenvalue weighted by atomic mass is 19.4. The molecule has 3 aromatic carbocycles. The van der Waals surface area contributed by atoms with Gasteiger partial charge in [-0.05, 0) is 67.9 Å². The minimum absolute atomic E-state index is 0.0622. The van der Waals surface area contributed by atoms with Crippen LogP contribution >= 0.6 is 0 Å². The number of amides is 5. The van der Waals surface area contributed by atoms with E-state index in [1.54, 1.807) is 36.4 Å². The third-order valence-electron chi connectivity index (χ3n) is 6.71. The number of para-hydroxylation sites is 1. The second-order valence-corrected chi connectivity index (χ2v) is 9.92. The highest BCUT2D eigenvalue weighted by Crippen LogP contribution is 2.38. The highest BCUT2D eigenvalue weighted by molar-refractivity contribution is 6.23. The first-order valence-electron chi connectivity index (χ1n) is 12.5. The number of anilines is 3. The maximum atomic E-state index is 13.6. The van der Waals surface area contributed by atoms with Gasteiger partial charge in [-0.3, -0.25) is 14.4 Å². The normalized spacial score (nSPS) is 14.5. The van der Waals surface area contributed by atoms with Gasteiger partial charge >= 0.3 is 12.2 Å². The maximum absolute atomic E-state index is 13.6. The first kappa shape index (κ1) is 29.6. The van der Waals surface area contributed by atoms with Gasteiger partial charge in [0.15, 0.2) is 0 Å². The molecule has 216 valence electrons. The Labute approximate surface area is 238 Å². The van der Waals surface area contributed by atoms with Crippen molar-refractivity contribution < 1.29 is 32.3 Å². The molecular formula is C29H25F3N6O4. The first-order valence-corrected chi connectivity index (χ1v) is 12.5. The van der Waals surface area contributed by atoms with Crippen LogP contribution in [0, 0.1) is 11.3 Å². The van der Waals surface area contributed by atoms with E-state index in [1.165, 1.54) is 36.9 Å². The number of hydrogen-bond acceptors (Lipinski definition) is 6. The van der Waals surface area contributed by atoms with E-state index in [9.17, 15) is 32.3 Å². The number of halogens is 3. The molecule has 0 bridgehead atoms. The Kier molecular flexibility index (Phi) is 7.92. The van der Waals surface area contributed by atoms with Gasteiger partial charge in [-0.2, -0.15) is 18.4 Å². The Morgan fingerprint density at radius 3 is 2.31 bits per heavy atom. The van der Waals surface area contributed by atoms with Gasteiger partial charge in [0, 0.05) is 16.9 Å². The van der Waals surface area contributed by atoms with Crippen LogP contribution < -0.4 is 21.3 Å². The van der Waals surface area contributed by atoms with Crippen LogP contribution in [0.5, 0.6) is 0 Å². The maximum Gasteiger partial charge on any atom is 0.417 e. The summed E-state index contributed by atoms with van der Waals surface area (Å²) in [7, 11) is 0. The van der Waals surface area contributed by atoms with E-state index in [4.69, 9.17) is 11.0 Å². The van der Waals surface area contributed by atoms with E-state index < -0.39 is 46.6 Å². The van der Waals surface area contributed by atoms with Crippen LogP contribution in [0.2, 0.25) is 0 Å². The summed E-state index contributed by atoms with van der Waals surface area (Å²) in [5.41, 5.74) is 3.55. The van der Waals surface area contributed by atoms with Gasteiger partial charge in [-0.25, -0.2) is 9.69 Å². The van der Waals surface area contributed by atoms with E-state index in [0.717, 1.165) is 12.1 Å². The molecule has 4 rings (SSSR count). The summed E-state index contributed by atoms with van der Waals surface area (Å²) in [6.07, 6.45) is -4.86. The van der Waals surface area contributed by atoms with Crippen molar-refractivity contribution >= 4 is 40.8 Å². The van der Waals surface area contributed by atoms with Crippen molar-refractivity contribution in [3.8, 4) is 6.07 Å². The molecule has 13 heteroatoms. The average molecular weight is 579 g/mol. The fourth-order valence-electron chi connectivity index (χ4n) is 4.41. The zero-order chi connectivity index (χ0) is 30.8. The number of nitriles is 1. The number of carbonyl (C=O) groups is 4. The number of urea groups is 1. The number of alkyl halides is 3. The summed E-state index contributed by atoms with van der Waals surface area (Å²) >= 11 is 0. The van der Waals surface area contributed by atoms with Crippen LogP contribution in [-0.4, -0.2) is 40.7 Å². The zero-order valence-electron chi connectivity index (χ0n) is 22.5. The van der Waals surface area contributed by atoms with Crippen LogP contribution in [0.4, 0.5) is 35.0 Å². The summed E-state index contributed by atoms with van der Waals surface area (Å²) in [6, 6.07) is 16.7. The Balaban J connectivity index is 1.58. The van der Waals surface area contributed by atoms with Crippen molar-refractivity contribution in [2.75, 3.05) is 16.8 Å². The van der Waals surface area contributed by atoms with E-state index in [0.29, 0.717) is 33.5 Å². The topological polar surface area (TPSA) is 149 Å². The molecule has 0 aliphatic carbocycles. The number of nitrogens with zero attached hydrogens (tertiary/aromatic N) is 3. The Hall–Kier alpha value is -5.38. The van der Waals surface area contributed by atoms with Gasteiger partial charge in [0.2, 0.25) is 5.91 Å². The number of hydrogen-bond donors (Lipinski definition) is 3. The molecule has 0 atom stereocenters. The minimum Gasteiger partial charge on any atom is -0.368 e. The van der Waals surface area contributed by atoms with E-state index in [1.807, 2.05) is 0 Å². The SMILES string of the molecule is CC1(C)C(=O)N(c2ccc(C#N)c(C(F)(F)F)c2)C(=O)N1Cc1ccccc1Nc1ccc(C(=O)NCC(N)=O)cc1. The molecule has 1 heterocycles. The van der Waals surface area contributed by atoms with Gasteiger partial charge in [0.1, 0.15) is 5.54 Å². The number of carbonyl (C=O) groups excluding carboxylic acids is 4. The predicted octanol–water partition coefficient (Wildman–Crippen LogP) is 4.28. The van der Waals surface area contributed by atoms with E-state index >= 15 is 0 Å². The lowest BCUT2D eigenvalue weighted by molar-refractivity contribution is -0.137. The predicted molar refractivity (Wildman–Crippen MR) is 146 cm³/mol. The zero-order valence-corrected chi connectivity index (χ0v) is 22.5. The fraction of sp³-hybridized carbons (Fsp3) is 0.207. The highest BCUT2D eigenvalue weighted by Gasteiger charge is 2.52. The van der Waals surface area contributed by atoms with Gasteiger partial charge in [-0.1, -0.05) is 18.2 Å². The number of rotatable bonds is 8. The van der Waals surface area contributed by atoms with Crippen molar-refractivity contribution in [3.63, 3.8) is 0 Å². The van der Waals surface area contributed by atoms with Crippen LogP contribution in [0.15, 0.2) is 66.7 Å². The lowest BCUT2D eigenvalue weighted by atomic mass is 10.0. The monoisotopic (exact) mass is 578 g/mol. The van der Waals surface area contributed by atoms with E-state index in [2.05, 4.69) is 10.6 Å². The number of nitrogens with two attached hydrogens (primary N) is 1. The molecule has 0 radical (unpaired) electrons. The van der Waals surface area contributed by atoms with Crippen LogP contribution in [0.25, 0.3) is 0 Å². The minimum atomic E-state index is -4.86. The molecular weight excluding hydrogens is 553 g/mol. The molecule has 1 aliphatic rings. The number of imide groups is 1. The van der Waals surface area contributed by atoms with Gasteiger partial charge in [-0.15, -0.1) is 0 Å². The fourth-order valence-corrected chi connectivity index (χ4v) is 4.41. The lowest BCUT2D eigenvalue weighted by Crippen LogP contribution is -2.43. The van der Waals surface area contributed by atoms with Crippen LogP contribution in [0.3, 0.4) is 0 Å². The molecule has 1 aliphatic heterocycles. The smallest absolute Gasteiger partial charge is 0.368 e. The molecule has 1 fully saturated rings. The number of primary amides is 1. The molecule has 0 spiro atoms. The first-order chi connectivity index (χ1) is 19.7. The van der Waals surface area contributed by atoms with Crippen molar-refractivity contribution in [1.82, 2.24) is 10.2 Å². The second kappa shape index (κ2) is 11.2. The summed E-state index contributed by atoms with van der Waals surface area (Å²) in [5.74, 6) is -1.87. The summed E-state index contributed by atoms with van der Waals surface area (Å²) in [6.45, 7) is 2.64. The molecule has 42 heavy (non-hydrogen) atoms. The largest absolute Gasteiger partial charge is 0.417 e. The summed E-state index contributed by atoms with van der Waals surface area (Å²) < 4.78 is 40.7. The van der Waals surface area contributed by atoms with Crippen molar-refractivity contribution in [2.45, 2.75) is 32.1 Å². The molecule has 10 nitrogen and oxygen atoms in total. The molecule has 0 aromatic heterocycles. The molecule has 1 saturated heterocycles. The van der Waals surface area contributed by atoms with Crippen molar-refractivity contribution in [3.05, 3.63) is 89.0 Å². The summed E-state index contributed by atoms with van der Waals surface area (Å²) in [5, 5.41) is 14.7. The van der Waals surface area contributed by atoms with Gasteiger partial charge < -0.3 is 21.3 Å². The van der Waals surface area contributed by atoms with Gasteiger partial charge in [0.05, 0.1) is 36.0 Å².